The molecular weight excluding hydrogens is 631 g/mol. The second-order valence-electron chi connectivity index (χ2n) is 14.9. The molecule has 2 aliphatic rings. The van der Waals surface area contributed by atoms with Crippen LogP contribution >= 0.6 is 0 Å². The van der Waals surface area contributed by atoms with E-state index in [2.05, 4.69) is 195 Å². The molecular formula is C50H35NO. The average molecular weight is 666 g/mol. The summed E-state index contributed by atoms with van der Waals surface area (Å²) < 4.78 is 6.38. The summed E-state index contributed by atoms with van der Waals surface area (Å²) in [4.78, 5) is 2.45. The van der Waals surface area contributed by atoms with Gasteiger partial charge in [-0.25, -0.2) is 0 Å². The molecule has 1 heterocycles. The normalized spacial score (nSPS) is 14.7. The summed E-state index contributed by atoms with van der Waals surface area (Å²) in [6, 6.07) is 64.7. The first-order valence-electron chi connectivity index (χ1n) is 18.2. The van der Waals surface area contributed by atoms with Crippen LogP contribution in [0.1, 0.15) is 47.2 Å². The SMILES string of the molecule is CC1(C)c2ccccc2-c2ccc(N(c3ccc(C4(c5ccccc5)c5cccc6oc7cccc4c7c56)cc3)c3cccc4ccccc34)cc21. The standard InChI is InChI=1S/C50H35NO/c1-49(2)40-19-9-8-18-38(40)39-30-29-36(31-43(39)49)51(44-22-10-14-32-13-6-7-17-37(32)44)35-27-25-34(26-28-35)50(33-15-4-3-5-16-33)41-20-11-23-45-47(41)48-42(50)21-12-24-46(48)52-45/h3-31H,1-2H3. The molecule has 0 saturated heterocycles. The second kappa shape index (κ2) is 10.6. The monoisotopic (exact) mass is 665 g/mol. The lowest BCUT2D eigenvalue weighted by Crippen LogP contribution is -2.29. The molecule has 1 aromatic heterocycles. The summed E-state index contributed by atoms with van der Waals surface area (Å²) >= 11 is 0. The van der Waals surface area contributed by atoms with Crippen LogP contribution in [0.3, 0.4) is 0 Å². The van der Waals surface area contributed by atoms with Crippen molar-refractivity contribution in [2.24, 2.45) is 0 Å². The number of nitrogens with zero attached hydrogens (tertiary/aromatic N) is 1. The summed E-state index contributed by atoms with van der Waals surface area (Å²) in [6.45, 7) is 4.71. The lowest BCUT2D eigenvalue weighted by molar-refractivity contribution is 0.660. The Morgan fingerprint density at radius 3 is 1.79 bits per heavy atom. The molecule has 9 aromatic rings. The maximum Gasteiger partial charge on any atom is 0.135 e. The zero-order valence-electron chi connectivity index (χ0n) is 29.1. The number of rotatable bonds is 5. The second-order valence-corrected chi connectivity index (χ2v) is 14.9. The zero-order chi connectivity index (χ0) is 34.6. The molecule has 246 valence electrons. The molecule has 2 nitrogen and oxygen atoms in total. The van der Waals surface area contributed by atoms with Crippen molar-refractivity contribution in [2.45, 2.75) is 24.7 Å². The highest BCUT2D eigenvalue weighted by atomic mass is 16.3. The molecule has 0 unspecified atom stereocenters. The van der Waals surface area contributed by atoms with Gasteiger partial charge >= 0.3 is 0 Å². The minimum atomic E-state index is -0.478. The van der Waals surface area contributed by atoms with Gasteiger partial charge in [0.05, 0.1) is 11.1 Å². The van der Waals surface area contributed by atoms with E-state index in [1.165, 1.54) is 66.1 Å². The van der Waals surface area contributed by atoms with Gasteiger partial charge in [-0.05, 0) is 92.4 Å². The highest BCUT2D eigenvalue weighted by molar-refractivity contribution is 6.14. The molecule has 0 spiro atoms. The van der Waals surface area contributed by atoms with E-state index in [0.717, 1.165) is 28.2 Å². The van der Waals surface area contributed by atoms with Crippen LogP contribution in [-0.2, 0) is 10.8 Å². The van der Waals surface area contributed by atoms with Gasteiger partial charge in [0.2, 0.25) is 0 Å². The van der Waals surface area contributed by atoms with Crippen LogP contribution in [0.2, 0.25) is 0 Å². The van der Waals surface area contributed by atoms with Gasteiger partial charge in [-0.2, -0.15) is 0 Å². The fraction of sp³-hybridized carbons (Fsp3) is 0.0800. The molecule has 2 aliphatic carbocycles. The number of fused-ring (bicyclic) bond motifs is 4. The van der Waals surface area contributed by atoms with Crippen molar-refractivity contribution in [3.05, 3.63) is 209 Å². The maximum atomic E-state index is 6.38. The van der Waals surface area contributed by atoms with Crippen molar-refractivity contribution in [1.29, 1.82) is 0 Å². The molecule has 52 heavy (non-hydrogen) atoms. The van der Waals surface area contributed by atoms with Gasteiger partial charge < -0.3 is 9.32 Å². The Hall–Kier alpha value is -6.38. The van der Waals surface area contributed by atoms with E-state index >= 15 is 0 Å². The number of anilines is 3. The molecule has 0 atom stereocenters. The van der Waals surface area contributed by atoms with Gasteiger partial charge in [0.1, 0.15) is 11.2 Å². The van der Waals surface area contributed by atoms with Gasteiger partial charge in [0.15, 0.2) is 0 Å². The first-order chi connectivity index (χ1) is 25.5. The minimum absolute atomic E-state index is 0.103. The van der Waals surface area contributed by atoms with Crippen molar-refractivity contribution in [3.63, 3.8) is 0 Å². The van der Waals surface area contributed by atoms with E-state index in [-0.39, 0.29) is 5.41 Å². The van der Waals surface area contributed by atoms with Crippen LogP contribution in [0.25, 0.3) is 43.8 Å². The summed E-state index contributed by atoms with van der Waals surface area (Å²) in [5.74, 6) is 0. The van der Waals surface area contributed by atoms with Gasteiger partial charge in [0.25, 0.3) is 0 Å². The van der Waals surface area contributed by atoms with E-state index < -0.39 is 5.41 Å². The third kappa shape index (κ3) is 3.79. The van der Waals surface area contributed by atoms with E-state index in [4.69, 9.17) is 4.42 Å². The van der Waals surface area contributed by atoms with Gasteiger partial charge in [-0.1, -0.05) is 147 Å². The topological polar surface area (TPSA) is 16.4 Å². The van der Waals surface area contributed by atoms with Gasteiger partial charge in [0, 0.05) is 32.9 Å². The Bertz CT molecular complexity index is 2810. The van der Waals surface area contributed by atoms with E-state index in [1.54, 1.807) is 0 Å². The third-order valence-corrected chi connectivity index (χ3v) is 11.9. The van der Waals surface area contributed by atoms with E-state index in [0.29, 0.717) is 0 Å². The van der Waals surface area contributed by atoms with Crippen LogP contribution in [0.5, 0.6) is 0 Å². The summed E-state index contributed by atoms with van der Waals surface area (Å²) in [7, 11) is 0. The smallest absolute Gasteiger partial charge is 0.135 e. The van der Waals surface area contributed by atoms with E-state index in [9.17, 15) is 0 Å². The predicted molar refractivity (Wildman–Crippen MR) is 215 cm³/mol. The number of hydrogen-bond donors (Lipinski definition) is 0. The molecule has 11 rings (SSSR count). The van der Waals surface area contributed by atoms with Crippen molar-refractivity contribution >= 4 is 49.8 Å². The average Bonchev–Trinajstić information content (AvgIpc) is 3.81. The molecule has 0 saturated carbocycles. The fourth-order valence-corrected chi connectivity index (χ4v) is 9.64. The van der Waals surface area contributed by atoms with Crippen LogP contribution < -0.4 is 4.90 Å². The zero-order valence-corrected chi connectivity index (χ0v) is 29.1. The summed E-state index contributed by atoms with van der Waals surface area (Å²) in [5.41, 5.74) is 15.2. The van der Waals surface area contributed by atoms with Crippen molar-refractivity contribution in [1.82, 2.24) is 0 Å². The molecule has 8 aromatic carbocycles. The van der Waals surface area contributed by atoms with Gasteiger partial charge in [-0.15, -0.1) is 0 Å². The quantitative estimate of drug-likeness (QED) is 0.182. The predicted octanol–water partition coefficient (Wildman–Crippen LogP) is 13.2. The molecule has 2 heteroatoms. The van der Waals surface area contributed by atoms with Crippen LogP contribution in [0, 0.1) is 0 Å². The lowest BCUT2D eigenvalue weighted by atomic mass is 9.67. The van der Waals surface area contributed by atoms with Crippen molar-refractivity contribution < 1.29 is 4.42 Å². The Labute approximate surface area is 303 Å². The Morgan fingerprint density at radius 2 is 1.02 bits per heavy atom. The third-order valence-electron chi connectivity index (χ3n) is 11.9. The molecule has 0 radical (unpaired) electrons. The molecule has 0 amide bonds. The Kier molecular flexibility index (Phi) is 5.97. The number of furan rings is 1. The number of hydrogen-bond acceptors (Lipinski definition) is 2. The molecule has 0 fully saturated rings. The minimum Gasteiger partial charge on any atom is -0.456 e. The molecule has 0 bridgehead atoms. The Balaban J connectivity index is 1.13. The fourth-order valence-electron chi connectivity index (χ4n) is 9.64. The number of benzene rings is 8. The van der Waals surface area contributed by atoms with Crippen molar-refractivity contribution in [3.8, 4) is 11.1 Å². The maximum absolute atomic E-state index is 6.38. The van der Waals surface area contributed by atoms with Gasteiger partial charge in [-0.3, -0.25) is 0 Å². The molecule has 0 aliphatic heterocycles. The first kappa shape index (κ1) is 29.4. The molecule has 0 N–H and O–H groups in total. The largest absolute Gasteiger partial charge is 0.456 e. The van der Waals surface area contributed by atoms with Crippen LogP contribution in [0.4, 0.5) is 17.1 Å². The van der Waals surface area contributed by atoms with E-state index in [1.807, 2.05) is 0 Å². The summed E-state index contributed by atoms with van der Waals surface area (Å²) in [6.07, 6.45) is 0. The highest BCUT2D eigenvalue weighted by Gasteiger charge is 2.46. The highest BCUT2D eigenvalue weighted by Crippen LogP contribution is 2.57. The van der Waals surface area contributed by atoms with Crippen LogP contribution in [-0.4, -0.2) is 0 Å². The van der Waals surface area contributed by atoms with Crippen molar-refractivity contribution in [2.75, 3.05) is 4.90 Å². The lowest BCUT2D eigenvalue weighted by Gasteiger charge is -2.35. The summed E-state index contributed by atoms with van der Waals surface area (Å²) in [5, 5.41) is 4.89. The van der Waals surface area contributed by atoms with Crippen LogP contribution in [0.15, 0.2) is 180 Å². The first-order valence-corrected chi connectivity index (χ1v) is 18.2. The Morgan fingerprint density at radius 1 is 0.442 bits per heavy atom.